The van der Waals surface area contributed by atoms with Gasteiger partial charge in [0.25, 0.3) is 0 Å². The van der Waals surface area contributed by atoms with Gasteiger partial charge in [-0.25, -0.2) is 0 Å². The second-order valence-corrected chi connectivity index (χ2v) is 4.71. The summed E-state index contributed by atoms with van der Waals surface area (Å²) in [4.78, 5) is 24.6. The number of hydrogen-bond donors (Lipinski definition) is 3. The number of amides is 1. The number of nitrogens with one attached hydrogen (secondary N) is 1. The lowest BCUT2D eigenvalue weighted by molar-refractivity contribution is -0.147. The first-order valence-corrected chi connectivity index (χ1v) is 6.09. The van der Waals surface area contributed by atoms with Crippen molar-refractivity contribution in [2.75, 3.05) is 26.3 Å². The number of carbonyl (C=O) groups is 2. The fraction of sp³-hybridized carbons (Fsp3) is 0.818. The molecule has 1 amide bonds. The minimum atomic E-state index is -0.942. The lowest BCUT2D eigenvalue weighted by Crippen LogP contribution is -2.54. The molecule has 3 unspecified atom stereocenters. The molecule has 0 aliphatic carbocycles. The first-order chi connectivity index (χ1) is 8.58. The molecular weight excluding hydrogens is 240 g/mol. The van der Waals surface area contributed by atoms with Crippen LogP contribution < -0.4 is 5.32 Å². The molecule has 0 bridgehead atoms. The summed E-state index contributed by atoms with van der Waals surface area (Å²) in [6.45, 7) is 1.50. The van der Waals surface area contributed by atoms with Gasteiger partial charge >= 0.3 is 5.97 Å². The van der Waals surface area contributed by atoms with Crippen molar-refractivity contribution < 1.29 is 24.5 Å². The van der Waals surface area contributed by atoms with Gasteiger partial charge in [-0.05, 0) is 6.42 Å². The third-order valence-corrected chi connectivity index (χ3v) is 3.33. The molecule has 0 aromatic carbocycles. The number of carboxylic acid groups (broad SMARTS) is 1. The van der Waals surface area contributed by atoms with Gasteiger partial charge in [-0.3, -0.25) is 9.59 Å². The van der Waals surface area contributed by atoms with Crippen molar-refractivity contribution in [2.45, 2.75) is 31.0 Å². The van der Waals surface area contributed by atoms with Crippen molar-refractivity contribution in [3.8, 4) is 0 Å². The summed E-state index contributed by atoms with van der Waals surface area (Å²) in [5, 5.41) is 21.2. The van der Waals surface area contributed by atoms with Gasteiger partial charge in [-0.1, -0.05) is 0 Å². The molecule has 2 rings (SSSR count). The standard InChI is InChI=1S/C11H18N2O5/c14-8-4-9(12-5-8)11(17)13-1-2-18-6-7(13)3-10(15)16/h7-9,12,14H,1-6H2,(H,15,16). The van der Waals surface area contributed by atoms with Crippen molar-refractivity contribution in [1.82, 2.24) is 10.2 Å². The van der Waals surface area contributed by atoms with Crippen molar-refractivity contribution in [1.29, 1.82) is 0 Å². The number of hydrogen-bond acceptors (Lipinski definition) is 5. The highest BCUT2D eigenvalue weighted by Gasteiger charge is 2.36. The summed E-state index contributed by atoms with van der Waals surface area (Å²) in [5.41, 5.74) is 0. The van der Waals surface area contributed by atoms with Crippen LogP contribution in [0.1, 0.15) is 12.8 Å². The molecule has 2 aliphatic heterocycles. The van der Waals surface area contributed by atoms with E-state index in [0.29, 0.717) is 26.1 Å². The minimum Gasteiger partial charge on any atom is -0.481 e. The van der Waals surface area contributed by atoms with E-state index < -0.39 is 24.2 Å². The Labute approximate surface area is 105 Å². The summed E-state index contributed by atoms with van der Waals surface area (Å²) in [6.07, 6.45) is -0.227. The maximum absolute atomic E-state index is 12.2. The van der Waals surface area contributed by atoms with E-state index in [9.17, 15) is 14.7 Å². The Hall–Kier alpha value is -1.18. The maximum atomic E-state index is 12.2. The predicted molar refractivity (Wildman–Crippen MR) is 61.0 cm³/mol. The van der Waals surface area contributed by atoms with Crippen LogP contribution in [0.15, 0.2) is 0 Å². The Morgan fingerprint density at radius 1 is 1.44 bits per heavy atom. The first-order valence-electron chi connectivity index (χ1n) is 6.09. The molecule has 3 N–H and O–H groups in total. The zero-order valence-corrected chi connectivity index (χ0v) is 10.0. The van der Waals surface area contributed by atoms with E-state index >= 15 is 0 Å². The van der Waals surface area contributed by atoms with E-state index in [1.807, 2.05) is 0 Å². The predicted octanol–water partition coefficient (Wildman–Crippen LogP) is -1.59. The number of carboxylic acids is 1. The van der Waals surface area contributed by atoms with Gasteiger partial charge in [0.1, 0.15) is 0 Å². The lowest BCUT2D eigenvalue weighted by atomic mass is 10.1. The number of β-amino-alcohol motifs (C(OH)–C–C–N with tert-alkyl or cyclic N) is 1. The molecule has 2 aliphatic rings. The van der Waals surface area contributed by atoms with Crippen LogP contribution in [0.4, 0.5) is 0 Å². The van der Waals surface area contributed by atoms with Crippen LogP contribution in [0.25, 0.3) is 0 Å². The van der Waals surface area contributed by atoms with Crippen molar-refractivity contribution in [3.05, 3.63) is 0 Å². The van der Waals surface area contributed by atoms with Crippen LogP contribution in [0.2, 0.25) is 0 Å². The molecule has 18 heavy (non-hydrogen) atoms. The summed E-state index contributed by atoms with van der Waals surface area (Å²) in [6, 6.07) is -0.822. The minimum absolute atomic E-state index is 0.110. The van der Waals surface area contributed by atoms with E-state index in [4.69, 9.17) is 9.84 Å². The fourth-order valence-corrected chi connectivity index (χ4v) is 2.42. The molecule has 2 saturated heterocycles. The molecule has 3 atom stereocenters. The van der Waals surface area contributed by atoms with Crippen LogP contribution in [0, 0.1) is 0 Å². The molecule has 0 saturated carbocycles. The highest BCUT2D eigenvalue weighted by Crippen LogP contribution is 2.16. The molecule has 0 spiro atoms. The highest BCUT2D eigenvalue weighted by atomic mass is 16.5. The largest absolute Gasteiger partial charge is 0.481 e. The molecule has 102 valence electrons. The number of aliphatic hydroxyl groups is 1. The Kier molecular flexibility index (Phi) is 4.15. The van der Waals surface area contributed by atoms with Crippen molar-refractivity contribution >= 4 is 11.9 Å². The van der Waals surface area contributed by atoms with Crippen LogP contribution >= 0.6 is 0 Å². The third-order valence-electron chi connectivity index (χ3n) is 3.33. The molecule has 0 aromatic rings. The average Bonchev–Trinajstić information content (AvgIpc) is 2.75. The molecule has 0 radical (unpaired) electrons. The molecule has 7 heteroatoms. The van der Waals surface area contributed by atoms with Gasteiger partial charge in [0.2, 0.25) is 5.91 Å². The Morgan fingerprint density at radius 2 is 2.22 bits per heavy atom. The van der Waals surface area contributed by atoms with Gasteiger partial charge in [0, 0.05) is 13.1 Å². The first kappa shape index (κ1) is 13.3. The van der Waals surface area contributed by atoms with E-state index in [-0.39, 0.29) is 18.9 Å². The zero-order valence-electron chi connectivity index (χ0n) is 10.0. The van der Waals surface area contributed by atoms with Gasteiger partial charge in [-0.2, -0.15) is 0 Å². The van der Waals surface area contributed by atoms with E-state index in [1.165, 1.54) is 0 Å². The van der Waals surface area contributed by atoms with Crippen LogP contribution in [0.3, 0.4) is 0 Å². The number of aliphatic hydroxyl groups excluding tert-OH is 1. The van der Waals surface area contributed by atoms with Crippen molar-refractivity contribution in [3.63, 3.8) is 0 Å². The maximum Gasteiger partial charge on any atom is 0.305 e. The normalized spacial score (nSPS) is 32.5. The monoisotopic (exact) mass is 258 g/mol. The van der Waals surface area contributed by atoms with Gasteiger partial charge in [0.15, 0.2) is 0 Å². The molecule has 0 aromatic heterocycles. The zero-order chi connectivity index (χ0) is 13.1. The lowest BCUT2D eigenvalue weighted by Gasteiger charge is -2.36. The summed E-state index contributed by atoms with van der Waals surface area (Å²) in [7, 11) is 0. The Balaban J connectivity index is 1.99. The number of nitrogens with zero attached hydrogens (tertiary/aromatic N) is 1. The summed E-state index contributed by atoms with van der Waals surface area (Å²) >= 11 is 0. The number of carbonyl (C=O) groups excluding carboxylic acids is 1. The third kappa shape index (κ3) is 2.98. The van der Waals surface area contributed by atoms with Gasteiger partial charge in [-0.15, -0.1) is 0 Å². The molecule has 2 heterocycles. The van der Waals surface area contributed by atoms with E-state index in [1.54, 1.807) is 4.90 Å². The molecule has 2 fully saturated rings. The quantitative estimate of drug-likeness (QED) is 0.564. The fourth-order valence-electron chi connectivity index (χ4n) is 2.42. The average molecular weight is 258 g/mol. The van der Waals surface area contributed by atoms with E-state index in [2.05, 4.69) is 5.32 Å². The SMILES string of the molecule is O=C(O)CC1COCCN1C(=O)C1CC(O)CN1. The number of rotatable bonds is 3. The van der Waals surface area contributed by atoms with Crippen LogP contribution in [-0.2, 0) is 14.3 Å². The second-order valence-electron chi connectivity index (χ2n) is 4.71. The van der Waals surface area contributed by atoms with Crippen LogP contribution in [-0.4, -0.2) is 71.5 Å². The smallest absolute Gasteiger partial charge is 0.305 e. The Bertz CT molecular complexity index is 335. The summed E-state index contributed by atoms with van der Waals surface area (Å²) < 4.78 is 5.22. The van der Waals surface area contributed by atoms with Gasteiger partial charge in [0.05, 0.1) is 37.8 Å². The topological polar surface area (TPSA) is 99.1 Å². The highest BCUT2D eigenvalue weighted by molar-refractivity contribution is 5.83. The molecular formula is C11H18N2O5. The van der Waals surface area contributed by atoms with Crippen LogP contribution in [0.5, 0.6) is 0 Å². The molecule has 7 nitrogen and oxygen atoms in total. The number of aliphatic carboxylic acids is 1. The second kappa shape index (κ2) is 5.64. The van der Waals surface area contributed by atoms with Gasteiger partial charge < -0.3 is 25.2 Å². The number of morpholine rings is 1. The van der Waals surface area contributed by atoms with E-state index in [0.717, 1.165) is 0 Å². The Morgan fingerprint density at radius 3 is 2.83 bits per heavy atom. The number of ether oxygens (including phenoxy) is 1. The summed E-state index contributed by atoms with van der Waals surface area (Å²) in [5.74, 6) is -1.08. The van der Waals surface area contributed by atoms with Crippen molar-refractivity contribution in [2.24, 2.45) is 0 Å².